The van der Waals surface area contributed by atoms with Gasteiger partial charge in [0.1, 0.15) is 11.8 Å². The Labute approximate surface area is 192 Å². The summed E-state index contributed by atoms with van der Waals surface area (Å²) in [5.41, 5.74) is 8.26. The zero-order valence-corrected chi connectivity index (χ0v) is 19.1. The van der Waals surface area contributed by atoms with Gasteiger partial charge >= 0.3 is 6.09 Å². The molecule has 1 aliphatic rings. The van der Waals surface area contributed by atoms with Crippen molar-refractivity contribution in [3.05, 3.63) is 52.5 Å². The van der Waals surface area contributed by atoms with Crippen molar-refractivity contribution in [2.45, 2.75) is 25.5 Å². The fourth-order valence-corrected chi connectivity index (χ4v) is 3.97. The number of nitrogens with two attached hydrogens (primary N) is 1. The molecule has 1 heterocycles. The van der Waals surface area contributed by atoms with Gasteiger partial charge in [-0.1, -0.05) is 11.6 Å². The zero-order chi connectivity index (χ0) is 23.3. The van der Waals surface area contributed by atoms with Crippen LogP contribution in [0.4, 0.5) is 16.2 Å². The predicted octanol–water partition coefficient (Wildman–Crippen LogP) is 4.14. The van der Waals surface area contributed by atoms with Crippen LogP contribution < -0.4 is 15.8 Å². The van der Waals surface area contributed by atoms with Gasteiger partial charge in [-0.2, -0.15) is 0 Å². The molecule has 1 amide bonds. The molecule has 2 atom stereocenters. The van der Waals surface area contributed by atoms with Crippen LogP contribution in [0, 0.1) is 0 Å². The number of amides is 1. The number of methoxy groups -OCH3 is 1. The van der Waals surface area contributed by atoms with Gasteiger partial charge < -0.3 is 25.3 Å². The number of nitrogens with zero attached hydrogens (tertiary/aromatic N) is 1. The highest BCUT2D eigenvalue weighted by Gasteiger charge is 2.45. The predicted molar refractivity (Wildman–Crippen MR) is 124 cm³/mol. The third-order valence-corrected chi connectivity index (χ3v) is 5.52. The quantitative estimate of drug-likeness (QED) is 0.328. The molecule has 0 saturated heterocycles. The molecule has 0 radical (unpaired) electrons. The van der Waals surface area contributed by atoms with Crippen molar-refractivity contribution in [1.29, 1.82) is 0 Å². The second kappa shape index (κ2) is 10.6. The Morgan fingerprint density at radius 1 is 1.25 bits per heavy atom. The molecule has 1 aliphatic heterocycles. The summed E-state index contributed by atoms with van der Waals surface area (Å²) in [5, 5.41) is 3.45. The van der Waals surface area contributed by atoms with E-state index in [1.54, 1.807) is 57.5 Å². The maximum Gasteiger partial charge on any atom is 0.410 e. The van der Waals surface area contributed by atoms with Crippen molar-refractivity contribution < 1.29 is 23.8 Å². The maximum atomic E-state index is 13.5. The van der Waals surface area contributed by atoms with Crippen molar-refractivity contribution >= 4 is 34.9 Å². The lowest BCUT2D eigenvalue weighted by atomic mass is 9.95. The second-order valence-electron chi connectivity index (χ2n) is 7.32. The highest BCUT2D eigenvalue weighted by molar-refractivity contribution is 6.30. The first kappa shape index (κ1) is 23.7. The van der Waals surface area contributed by atoms with Crippen molar-refractivity contribution in [2.24, 2.45) is 0 Å². The van der Waals surface area contributed by atoms with Gasteiger partial charge in [0.25, 0.3) is 0 Å². The molecule has 0 aliphatic carbocycles. The monoisotopic (exact) mass is 461 g/mol. The number of anilines is 2. The fraction of sp³-hybridized carbons (Fsp3) is 0.391. The summed E-state index contributed by atoms with van der Waals surface area (Å²) < 4.78 is 16.5. The van der Waals surface area contributed by atoms with Crippen LogP contribution in [0.1, 0.15) is 35.3 Å². The molecule has 2 aromatic rings. The molecule has 8 nitrogen and oxygen atoms in total. The number of nitrogens with one attached hydrogen (secondary N) is 1. The molecule has 0 spiro atoms. The molecule has 9 heteroatoms. The van der Waals surface area contributed by atoms with E-state index in [0.29, 0.717) is 52.8 Å². The second-order valence-corrected chi connectivity index (χ2v) is 7.76. The van der Waals surface area contributed by atoms with Crippen LogP contribution in [0.3, 0.4) is 0 Å². The molecule has 0 bridgehead atoms. The molecule has 2 aromatic carbocycles. The smallest absolute Gasteiger partial charge is 0.410 e. The average Bonchev–Trinajstić information content (AvgIpc) is 3.14. The molecule has 0 aromatic heterocycles. The number of nitrogen functional groups attached to an aromatic ring is 1. The lowest BCUT2D eigenvalue weighted by Crippen LogP contribution is -2.44. The van der Waals surface area contributed by atoms with Crippen molar-refractivity contribution in [2.75, 3.05) is 45.0 Å². The summed E-state index contributed by atoms with van der Waals surface area (Å²) in [6.07, 6.45) is -0.949. The summed E-state index contributed by atoms with van der Waals surface area (Å²) in [7, 11) is 3.34. The van der Waals surface area contributed by atoms with Crippen molar-refractivity contribution in [3.63, 3.8) is 0 Å². The van der Waals surface area contributed by atoms with E-state index >= 15 is 0 Å². The number of Topliss-reactive ketones (excluding diaryl/α,β-unsaturated/α-hetero) is 1. The Kier molecular flexibility index (Phi) is 7.82. The molecular formula is C23H28ClN3O5. The van der Waals surface area contributed by atoms with E-state index in [-0.39, 0.29) is 12.4 Å². The number of hydrogen-bond donors (Lipinski definition) is 2. The van der Waals surface area contributed by atoms with Gasteiger partial charge in [-0.15, -0.1) is 0 Å². The van der Waals surface area contributed by atoms with E-state index in [1.165, 1.54) is 4.90 Å². The summed E-state index contributed by atoms with van der Waals surface area (Å²) in [6.45, 7) is 2.70. The minimum absolute atomic E-state index is 0.205. The maximum absolute atomic E-state index is 13.5. The van der Waals surface area contributed by atoms with Gasteiger partial charge in [-0.05, 0) is 49.7 Å². The standard InChI is InChI=1S/C23H28ClN3O5/c1-4-31-23(29)27(10-5-11-30-3)20-16-13-15(24)7-9-19(16)32-22(20)21(28)14-6-8-18(26-2)17(25)12-14/h6-9,12-13,20,22,26H,4-5,10-11,25H2,1-3H3. The number of carbonyl (C=O) groups excluding carboxylic acids is 2. The highest BCUT2D eigenvalue weighted by atomic mass is 35.5. The first-order valence-electron chi connectivity index (χ1n) is 10.4. The van der Waals surface area contributed by atoms with Gasteiger partial charge in [0.15, 0.2) is 6.10 Å². The molecule has 0 fully saturated rings. The van der Waals surface area contributed by atoms with Crippen LogP contribution in [0.25, 0.3) is 0 Å². The Morgan fingerprint density at radius 2 is 2.03 bits per heavy atom. The number of rotatable bonds is 9. The number of fused-ring (bicyclic) bond motifs is 1. The van der Waals surface area contributed by atoms with Crippen LogP contribution in [0.15, 0.2) is 36.4 Å². The third-order valence-electron chi connectivity index (χ3n) is 5.28. The number of ether oxygens (including phenoxy) is 3. The van der Waals surface area contributed by atoms with Gasteiger partial charge in [-0.25, -0.2) is 4.79 Å². The zero-order valence-electron chi connectivity index (χ0n) is 18.4. The normalized spacial score (nSPS) is 16.8. The van der Waals surface area contributed by atoms with Crippen LogP contribution in [-0.4, -0.2) is 56.8 Å². The van der Waals surface area contributed by atoms with Crippen molar-refractivity contribution in [1.82, 2.24) is 4.90 Å². The Morgan fingerprint density at radius 3 is 2.69 bits per heavy atom. The van der Waals surface area contributed by atoms with Gasteiger partial charge in [0, 0.05) is 43.5 Å². The number of benzene rings is 2. The molecule has 32 heavy (non-hydrogen) atoms. The van der Waals surface area contributed by atoms with Crippen molar-refractivity contribution in [3.8, 4) is 5.75 Å². The van der Waals surface area contributed by atoms with E-state index in [9.17, 15) is 9.59 Å². The largest absolute Gasteiger partial charge is 0.479 e. The lowest BCUT2D eigenvalue weighted by Gasteiger charge is -2.31. The van der Waals surface area contributed by atoms with Crippen LogP contribution in [0.2, 0.25) is 5.02 Å². The molecule has 3 rings (SSSR count). The number of hydrogen-bond acceptors (Lipinski definition) is 7. The molecular weight excluding hydrogens is 434 g/mol. The minimum Gasteiger partial charge on any atom is -0.479 e. The topological polar surface area (TPSA) is 103 Å². The summed E-state index contributed by atoms with van der Waals surface area (Å²) in [6, 6.07) is 9.41. The van der Waals surface area contributed by atoms with E-state index in [1.807, 2.05) is 0 Å². The number of carbonyl (C=O) groups is 2. The van der Waals surface area contributed by atoms with E-state index in [4.69, 9.17) is 31.5 Å². The summed E-state index contributed by atoms with van der Waals surface area (Å²) >= 11 is 6.24. The van der Waals surface area contributed by atoms with E-state index in [0.717, 1.165) is 0 Å². The Balaban J connectivity index is 2.02. The first-order chi connectivity index (χ1) is 15.4. The van der Waals surface area contributed by atoms with E-state index in [2.05, 4.69) is 5.32 Å². The highest BCUT2D eigenvalue weighted by Crippen LogP contribution is 2.43. The van der Waals surface area contributed by atoms with Gasteiger partial charge in [0.2, 0.25) is 5.78 Å². The van der Waals surface area contributed by atoms with Gasteiger partial charge in [-0.3, -0.25) is 9.69 Å². The molecule has 2 unspecified atom stereocenters. The summed E-state index contributed by atoms with van der Waals surface area (Å²) in [5.74, 6) is 0.205. The molecule has 0 saturated carbocycles. The Bertz CT molecular complexity index is 984. The summed E-state index contributed by atoms with van der Waals surface area (Å²) in [4.78, 5) is 27.9. The molecule has 3 N–H and O–H groups in total. The first-order valence-corrected chi connectivity index (χ1v) is 10.8. The fourth-order valence-electron chi connectivity index (χ4n) is 3.79. The SMILES string of the molecule is CCOC(=O)N(CCCOC)C1c2cc(Cl)ccc2OC1C(=O)c1ccc(NC)c(N)c1. The Hall–Kier alpha value is -2.97. The van der Waals surface area contributed by atoms with Crippen LogP contribution in [0.5, 0.6) is 5.75 Å². The lowest BCUT2D eigenvalue weighted by molar-refractivity contribution is 0.0487. The van der Waals surface area contributed by atoms with E-state index < -0.39 is 18.2 Å². The minimum atomic E-state index is -0.977. The van der Waals surface area contributed by atoms with Gasteiger partial charge in [0.05, 0.1) is 18.0 Å². The number of ketones is 1. The number of halogens is 1. The average molecular weight is 462 g/mol. The molecule has 172 valence electrons. The third kappa shape index (κ3) is 4.92. The van der Waals surface area contributed by atoms with Crippen LogP contribution >= 0.6 is 11.6 Å². The van der Waals surface area contributed by atoms with Crippen LogP contribution in [-0.2, 0) is 9.47 Å².